The number of nitrogens with two attached hydrogens (primary N) is 1. The van der Waals surface area contributed by atoms with Gasteiger partial charge in [0.15, 0.2) is 5.78 Å². The van der Waals surface area contributed by atoms with Crippen LogP contribution in [0, 0.1) is 0 Å². The summed E-state index contributed by atoms with van der Waals surface area (Å²) in [6.45, 7) is 4.41. The highest BCUT2D eigenvalue weighted by atomic mass is 16.1. The molecule has 0 unspecified atom stereocenters. The van der Waals surface area contributed by atoms with Crippen LogP contribution in [0.5, 0.6) is 0 Å². The average molecular weight is 353 g/mol. The van der Waals surface area contributed by atoms with Crippen molar-refractivity contribution < 1.29 is 9.59 Å². The number of nitrogens with one attached hydrogen (secondary N) is 1. The number of hydrogen-bond donors (Lipinski definition) is 2. The molecular weight excluding hydrogens is 326 g/mol. The molecule has 0 radical (unpaired) electrons. The predicted molar refractivity (Wildman–Crippen MR) is 105 cm³/mol. The first kappa shape index (κ1) is 19.8. The number of amides is 1. The molecule has 5 nitrogen and oxygen atoms in total. The van der Waals surface area contributed by atoms with Crippen molar-refractivity contribution in [1.82, 2.24) is 4.90 Å². The van der Waals surface area contributed by atoms with Gasteiger partial charge in [0.05, 0.1) is 0 Å². The predicted octanol–water partition coefficient (Wildman–Crippen LogP) is 2.72. The minimum Gasteiger partial charge on any atom is -0.329 e. The second kappa shape index (κ2) is 10.5. The lowest BCUT2D eigenvalue weighted by atomic mass is 10.1. The van der Waals surface area contributed by atoms with E-state index in [0.717, 1.165) is 19.5 Å². The zero-order chi connectivity index (χ0) is 18.8. The number of carbonyl (C=O) groups is 2. The molecule has 2 aromatic rings. The Hall–Kier alpha value is -2.50. The van der Waals surface area contributed by atoms with E-state index in [2.05, 4.69) is 22.3 Å². The number of anilines is 1. The first-order chi connectivity index (χ1) is 12.6. The van der Waals surface area contributed by atoms with Crippen LogP contribution < -0.4 is 11.1 Å². The molecule has 3 N–H and O–H groups in total. The van der Waals surface area contributed by atoms with E-state index in [1.807, 2.05) is 18.2 Å². The van der Waals surface area contributed by atoms with Crippen molar-refractivity contribution in [3.05, 3.63) is 65.7 Å². The van der Waals surface area contributed by atoms with E-state index in [-0.39, 0.29) is 11.7 Å². The molecule has 0 atom stereocenters. The van der Waals surface area contributed by atoms with Crippen LogP contribution in [0.4, 0.5) is 5.69 Å². The summed E-state index contributed by atoms with van der Waals surface area (Å²) in [4.78, 5) is 25.7. The van der Waals surface area contributed by atoms with E-state index < -0.39 is 0 Å². The normalized spacial score (nSPS) is 10.7. The molecule has 1 amide bonds. The summed E-state index contributed by atoms with van der Waals surface area (Å²) in [5.41, 5.74) is 8.32. The van der Waals surface area contributed by atoms with E-state index in [1.165, 1.54) is 12.5 Å². The van der Waals surface area contributed by atoms with Crippen LogP contribution >= 0.6 is 0 Å². The molecular formula is C21H27N3O2. The van der Waals surface area contributed by atoms with Gasteiger partial charge in [-0.05, 0) is 43.2 Å². The maximum absolute atomic E-state index is 12.2. The fourth-order valence-electron chi connectivity index (χ4n) is 2.72. The largest absolute Gasteiger partial charge is 0.329 e. The molecule has 0 aliphatic carbocycles. The third kappa shape index (κ3) is 6.78. The Balaban J connectivity index is 1.79. The number of nitrogens with zero attached hydrogens (tertiary/aromatic N) is 1. The van der Waals surface area contributed by atoms with Crippen molar-refractivity contribution >= 4 is 17.4 Å². The molecule has 0 heterocycles. The zero-order valence-corrected chi connectivity index (χ0v) is 15.3. The van der Waals surface area contributed by atoms with Crippen LogP contribution in [0.2, 0.25) is 0 Å². The van der Waals surface area contributed by atoms with Crippen molar-refractivity contribution in [3.8, 4) is 0 Å². The third-order valence-electron chi connectivity index (χ3n) is 4.24. The minimum absolute atomic E-state index is 0.0127. The molecule has 0 aliphatic heterocycles. The van der Waals surface area contributed by atoms with Gasteiger partial charge in [0, 0.05) is 43.9 Å². The van der Waals surface area contributed by atoms with Gasteiger partial charge in [0.2, 0.25) is 5.91 Å². The van der Waals surface area contributed by atoms with Crippen LogP contribution in [0.25, 0.3) is 0 Å². The molecule has 26 heavy (non-hydrogen) atoms. The number of carbonyl (C=O) groups excluding carboxylic acids is 2. The van der Waals surface area contributed by atoms with Crippen LogP contribution in [0.3, 0.4) is 0 Å². The quantitative estimate of drug-likeness (QED) is 0.644. The lowest BCUT2D eigenvalue weighted by Gasteiger charge is -2.21. The van der Waals surface area contributed by atoms with E-state index in [1.54, 1.807) is 24.3 Å². The second-order valence-corrected chi connectivity index (χ2v) is 6.30. The van der Waals surface area contributed by atoms with Gasteiger partial charge in [-0.25, -0.2) is 0 Å². The Bertz CT molecular complexity index is 699. The van der Waals surface area contributed by atoms with Crippen LogP contribution in [0.1, 0.15) is 29.3 Å². The Morgan fingerprint density at radius 2 is 1.65 bits per heavy atom. The SMILES string of the molecule is CC(=O)c1ccc(NC(=O)CCN(CCN)CCc2ccccc2)cc1. The van der Waals surface area contributed by atoms with Crippen molar-refractivity contribution in [3.63, 3.8) is 0 Å². The summed E-state index contributed by atoms with van der Waals surface area (Å²) in [6, 6.07) is 17.2. The molecule has 0 aliphatic rings. The molecule has 0 aromatic heterocycles. The summed E-state index contributed by atoms with van der Waals surface area (Å²) in [5, 5.41) is 2.87. The minimum atomic E-state index is -0.0395. The van der Waals surface area contributed by atoms with Gasteiger partial charge < -0.3 is 16.0 Å². The number of rotatable bonds is 10. The number of ketones is 1. The van der Waals surface area contributed by atoms with Gasteiger partial charge in [0.1, 0.15) is 0 Å². The molecule has 5 heteroatoms. The highest BCUT2D eigenvalue weighted by Gasteiger charge is 2.09. The monoisotopic (exact) mass is 353 g/mol. The molecule has 2 aromatic carbocycles. The average Bonchev–Trinajstić information content (AvgIpc) is 2.65. The first-order valence-corrected chi connectivity index (χ1v) is 8.95. The highest BCUT2D eigenvalue weighted by molar-refractivity contribution is 5.95. The second-order valence-electron chi connectivity index (χ2n) is 6.30. The molecule has 0 bridgehead atoms. The van der Waals surface area contributed by atoms with Crippen molar-refractivity contribution in [2.75, 3.05) is 31.5 Å². The maximum Gasteiger partial charge on any atom is 0.225 e. The number of Topliss-reactive ketones (excluding diaryl/α,β-unsaturated/α-hetero) is 1. The standard InChI is InChI=1S/C21H27N3O2/c1-17(25)19-7-9-20(10-8-19)23-21(26)12-15-24(16-13-22)14-11-18-5-3-2-4-6-18/h2-10H,11-16,22H2,1H3,(H,23,26). The fraction of sp³-hybridized carbons (Fsp3) is 0.333. The summed E-state index contributed by atoms with van der Waals surface area (Å²) in [6.07, 6.45) is 1.35. The summed E-state index contributed by atoms with van der Waals surface area (Å²) in [7, 11) is 0. The van der Waals surface area contributed by atoms with E-state index in [0.29, 0.717) is 30.8 Å². The van der Waals surface area contributed by atoms with E-state index in [9.17, 15) is 9.59 Å². The van der Waals surface area contributed by atoms with Gasteiger partial charge in [-0.2, -0.15) is 0 Å². The van der Waals surface area contributed by atoms with Crippen LogP contribution in [0.15, 0.2) is 54.6 Å². The Kier molecular flexibility index (Phi) is 7.99. The molecule has 2 rings (SSSR count). The lowest BCUT2D eigenvalue weighted by Crippen LogP contribution is -2.34. The Morgan fingerprint density at radius 3 is 2.27 bits per heavy atom. The van der Waals surface area contributed by atoms with Crippen molar-refractivity contribution in [2.45, 2.75) is 19.8 Å². The van der Waals surface area contributed by atoms with Gasteiger partial charge in [-0.15, -0.1) is 0 Å². The van der Waals surface area contributed by atoms with E-state index >= 15 is 0 Å². The zero-order valence-electron chi connectivity index (χ0n) is 15.3. The van der Waals surface area contributed by atoms with Crippen molar-refractivity contribution in [2.24, 2.45) is 5.73 Å². The summed E-state index contributed by atoms with van der Waals surface area (Å²) in [5.74, 6) is -0.0268. The van der Waals surface area contributed by atoms with Gasteiger partial charge in [-0.1, -0.05) is 30.3 Å². The Labute approximate surface area is 155 Å². The van der Waals surface area contributed by atoms with Crippen molar-refractivity contribution in [1.29, 1.82) is 0 Å². The maximum atomic E-state index is 12.2. The highest BCUT2D eigenvalue weighted by Crippen LogP contribution is 2.10. The summed E-state index contributed by atoms with van der Waals surface area (Å²) >= 11 is 0. The van der Waals surface area contributed by atoms with E-state index in [4.69, 9.17) is 5.73 Å². The van der Waals surface area contributed by atoms with Gasteiger partial charge >= 0.3 is 0 Å². The topological polar surface area (TPSA) is 75.4 Å². The fourth-order valence-corrected chi connectivity index (χ4v) is 2.72. The number of hydrogen-bond acceptors (Lipinski definition) is 4. The van der Waals surface area contributed by atoms with Crippen LogP contribution in [-0.4, -0.2) is 42.8 Å². The lowest BCUT2D eigenvalue weighted by molar-refractivity contribution is -0.116. The third-order valence-corrected chi connectivity index (χ3v) is 4.24. The van der Waals surface area contributed by atoms with Crippen LogP contribution in [-0.2, 0) is 11.2 Å². The molecule has 138 valence electrons. The van der Waals surface area contributed by atoms with Gasteiger partial charge in [0.25, 0.3) is 0 Å². The Morgan fingerprint density at radius 1 is 0.962 bits per heavy atom. The number of benzene rings is 2. The smallest absolute Gasteiger partial charge is 0.225 e. The molecule has 0 spiro atoms. The molecule has 0 saturated heterocycles. The van der Waals surface area contributed by atoms with Gasteiger partial charge in [-0.3, -0.25) is 9.59 Å². The summed E-state index contributed by atoms with van der Waals surface area (Å²) < 4.78 is 0. The molecule has 0 saturated carbocycles. The molecule has 0 fully saturated rings. The first-order valence-electron chi connectivity index (χ1n) is 8.95.